The van der Waals surface area contributed by atoms with E-state index in [0.29, 0.717) is 5.92 Å². The Bertz CT molecular complexity index is 762. The Morgan fingerprint density at radius 2 is 2.17 bits per heavy atom. The van der Waals surface area contributed by atoms with Gasteiger partial charge in [-0.1, -0.05) is 19.9 Å². The van der Waals surface area contributed by atoms with Crippen molar-refractivity contribution in [3.63, 3.8) is 0 Å². The summed E-state index contributed by atoms with van der Waals surface area (Å²) in [5.41, 5.74) is 4.53. The third kappa shape index (κ3) is 2.55. The van der Waals surface area contributed by atoms with Crippen molar-refractivity contribution in [2.45, 2.75) is 39.5 Å². The Balaban J connectivity index is 1.70. The molecule has 2 aliphatic rings. The van der Waals surface area contributed by atoms with Gasteiger partial charge in [-0.15, -0.1) is 0 Å². The van der Waals surface area contributed by atoms with E-state index in [1.165, 1.54) is 11.1 Å². The molecule has 1 aromatic heterocycles. The van der Waals surface area contributed by atoms with E-state index in [-0.39, 0.29) is 0 Å². The second-order valence-corrected chi connectivity index (χ2v) is 6.83. The first kappa shape index (κ1) is 14.5. The Hall–Kier alpha value is -2.14. The van der Waals surface area contributed by atoms with Crippen LogP contribution >= 0.6 is 0 Å². The molecule has 5 heteroatoms. The molecule has 1 aromatic carbocycles. The van der Waals surface area contributed by atoms with Crippen LogP contribution in [0.1, 0.15) is 25.8 Å². The molecule has 2 aromatic rings. The molecule has 0 saturated carbocycles. The first-order chi connectivity index (χ1) is 11.1. The zero-order chi connectivity index (χ0) is 16.0. The normalized spacial score (nSPS) is 19.7. The lowest BCUT2D eigenvalue weighted by atomic mass is 10.0. The summed E-state index contributed by atoms with van der Waals surface area (Å²) >= 11 is 0. The molecule has 1 fully saturated rings. The minimum Gasteiger partial charge on any atom is -0.385 e. The molecule has 4 rings (SSSR count). The highest BCUT2D eigenvalue weighted by atomic mass is 16.3. The Labute approximate surface area is 136 Å². The van der Waals surface area contributed by atoms with E-state index >= 15 is 0 Å². The molecule has 120 valence electrons. The van der Waals surface area contributed by atoms with Crippen LogP contribution in [0.5, 0.6) is 0 Å². The van der Waals surface area contributed by atoms with E-state index in [0.717, 1.165) is 43.3 Å². The summed E-state index contributed by atoms with van der Waals surface area (Å²) < 4.78 is 2.07. The SMILES string of the molecule is CC(C)Cn1nccc1-c1ccc2c(c1)CN1CCC(O)C1=N2. The lowest BCUT2D eigenvalue weighted by Gasteiger charge is -2.25. The summed E-state index contributed by atoms with van der Waals surface area (Å²) in [6.45, 7) is 7.03. The van der Waals surface area contributed by atoms with Crippen molar-refractivity contribution >= 4 is 11.5 Å². The number of nitrogens with zero attached hydrogens (tertiary/aromatic N) is 4. The van der Waals surface area contributed by atoms with Gasteiger partial charge >= 0.3 is 0 Å². The largest absolute Gasteiger partial charge is 0.385 e. The summed E-state index contributed by atoms with van der Waals surface area (Å²) in [5, 5.41) is 14.4. The van der Waals surface area contributed by atoms with Crippen LogP contribution in [0, 0.1) is 5.92 Å². The second-order valence-electron chi connectivity index (χ2n) is 6.83. The van der Waals surface area contributed by atoms with Gasteiger partial charge in [0, 0.05) is 31.4 Å². The lowest BCUT2D eigenvalue weighted by Crippen LogP contribution is -2.31. The van der Waals surface area contributed by atoms with Crippen molar-refractivity contribution in [2.24, 2.45) is 10.9 Å². The van der Waals surface area contributed by atoms with Crippen LogP contribution in [0.3, 0.4) is 0 Å². The number of aliphatic imine (C=N–C) groups is 1. The number of fused-ring (bicyclic) bond motifs is 2. The molecule has 3 heterocycles. The number of benzene rings is 1. The molecule has 0 aliphatic carbocycles. The zero-order valence-electron chi connectivity index (χ0n) is 13.6. The van der Waals surface area contributed by atoms with E-state index in [1.807, 2.05) is 6.20 Å². The van der Waals surface area contributed by atoms with Gasteiger partial charge in [0.15, 0.2) is 0 Å². The van der Waals surface area contributed by atoms with E-state index in [1.54, 1.807) is 0 Å². The van der Waals surface area contributed by atoms with Crippen molar-refractivity contribution < 1.29 is 5.11 Å². The molecule has 5 nitrogen and oxygen atoms in total. The molecule has 0 radical (unpaired) electrons. The molecule has 2 aliphatic heterocycles. The van der Waals surface area contributed by atoms with Crippen LogP contribution in [0.4, 0.5) is 5.69 Å². The van der Waals surface area contributed by atoms with Gasteiger partial charge in [0.05, 0.1) is 11.4 Å². The Morgan fingerprint density at radius 3 is 3.00 bits per heavy atom. The van der Waals surface area contributed by atoms with Gasteiger partial charge in [-0.05, 0) is 36.1 Å². The van der Waals surface area contributed by atoms with Crippen LogP contribution in [0.25, 0.3) is 11.3 Å². The van der Waals surface area contributed by atoms with Gasteiger partial charge in [0.25, 0.3) is 0 Å². The summed E-state index contributed by atoms with van der Waals surface area (Å²) in [6.07, 6.45) is 2.24. The van der Waals surface area contributed by atoms with Gasteiger partial charge in [0.1, 0.15) is 11.9 Å². The van der Waals surface area contributed by atoms with E-state index in [9.17, 15) is 5.11 Å². The summed E-state index contributed by atoms with van der Waals surface area (Å²) in [5.74, 6) is 1.39. The summed E-state index contributed by atoms with van der Waals surface area (Å²) in [7, 11) is 0. The van der Waals surface area contributed by atoms with Crippen molar-refractivity contribution in [1.29, 1.82) is 0 Å². The molecule has 0 amide bonds. The number of aromatic nitrogens is 2. The number of rotatable bonds is 3. The number of amidine groups is 1. The van der Waals surface area contributed by atoms with Crippen molar-refractivity contribution in [1.82, 2.24) is 14.7 Å². The number of aliphatic hydroxyl groups excluding tert-OH is 1. The van der Waals surface area contributed by atoms with Crippen LogP contribution in [0.15, 0.2) is 35.5 Å². The average Bonchev–Trinajstić information content (AvgIpc) is 3.11. The van der Waals surface area contributed by atoms with Crippen LogP contribution in [0.2, 0.25) is 0 Å². The molecule has 1 N–H and O–H groups in total. The summed E-state index contributed by atoms with van der Waals surface area (Å²) in [6, 6.07) is 8.45. The highest BCUT2D eigenvalue weighted by Gasteiger charge is 2.31. The van der Waals surface area contributed by atoms with Crippen LogP contribution in [-0.4, -0.2) is 38.3 Å². The smallest absolute Gasteiger partial charge is 0.134 e. The third-order valence-corrected chi connectivity index (χ3v) is 4.52. The maximum atomic E-state index is 9.99. The van der Waals surface area contributed by atoms with Gasteiger partial charge in [-0.25, -0.2) is 4.99 Å². The van der Waals surface area contributed by atoms with Crippen molar-refractivity contribution in [3.05, 3.63) is 36.0 Å². The highest BCUT2D eigenvalue weighted by molar-refractivity contribution is 5.92. The van der Waals surface area contributed by atoms with Crippen molar-refractivity contribution in [3.8, 4) is 11.3 Å². The first-order valence-electron chi connectivity index (χ1n) is 8.28. The fourth-order valence-electron chi connectivity index (χ4n) is 3.42. The average molecular weight is 310 g/mol. The molecule has 0 bridgehead atoms. The quantitative estimate of drug-likeness (QED) is 0.948. The number of hydrogen-bond acceptors (Lipinski definition) is 4. The topological polar surface area (TPSA) is 53.7 Å². The number of aliphatic hydroxyl groups is 1. The molecular weight excluding hydrogens is 288 g/mol. The minimum absolute atomic E-state index is 0.407. The predicted molar refractivity (Wildman–Crippen MR) is 90.6 cm³/mol. The van der Waals surface area contributed by atoms with E-state index < -0.39 is 6.10 Å². The van der Waals surface area contributed by atoms with Crippen molar-refractivity contribution in [2.75, 3.05) is 6.54 Å². The fraction of sp³-hybridized carbons (Fsp3) is 0.444. The lowest BCUT2D eigenvalue weighted by molar-refractivity contribution is 0.245. The molecule has 1 saturated heterocycles. The van der Waals surface area contributed by atoms with Gasteiger partial charge in [0.2, 0.25) is 0 Å². The number of hydrogen-bond donors (Lipinski definition) is 1. The Morgan fingerprint density at radius 1 is 1.30 bits per heavy atom. The molecule has 0 spiro atoms. The molecular formula is C18H22N4O. The third-order valence-electron chi connectivity index (χ3n) is 4.52. The van der Waals surface area contributed by atoms with Crippen LogP contribution in [-0.2, 0) is 13.1 Å². The first-order valence-corrected chi connectivity index (χ1v) is 8.28. The second kappa shape index (κ2) is 5.49. The monoisotopic (exact) mass is 310 g/mol. The van der Waals surface area contributed by atoms with Gasteiger partial charge in [-0.2, -0.15) is 5.10 Å². The Kier molecular flexibility index (Phi) is 3.45. The summed E-state index contributed by atoms with van der Waals surface area (Å²) in [4.78, 5) is 6.83. The predicted octanol–water partition coefficient (Wildman–Crippen LogP) is 2.82. The zero-order valence-corrected chi connectivity index (χ0v) is 13.6. The van der Waals surface area contributed by atoms with Gasteiger partial charge < -0.3 is 10.0 Å². The standard InChI is InChI=1S/C18H22N4O/c1-12(2)10-22-16(5-7-19-22)13-3-4-15-14(9-13)11-21-8-6-17(23)18(21)20-15/h3-5,7,9,12,17,23H,6,8,10-11H2,1-2H3. The van der Waals surface area contributed by atoms with Gasteiger partial charge in [-0.3, -0.25) is 4.68 Å². The van der Waals surface area contributed by atoms with E-state index in [2.05, 4.69) is 57.8 Å². The van der Waals surface area contributed by atoms with E-state index in [4.69, 9.17) is 0 Å². The maximum Gasteiger partial charge on any atom is 0.134 e. The highest BCUT2D eigenvalue weighted by Crippen LogP contribution is 2.33. The van der Waals surface area contributed by atoms with Crippen LogP contribution < -0.4 is 0 Å². The maximum absolute atomic E-state index is 9.99. The molecule has 1 atom stereocenters. The molecule has 23 heavy (non-hydrogen) atoms. The molecule has 1 unspecified atom stereocenters. The minimum atomic E-state index is -0.407. The fourth-order valence-corrected chi connectivity index (χ4v) is 3.42.